The van der Waals surface area contributed by atoms with Gasteiger partial charge in [-0.05, 0) is 31.5 Å². The highest BCUT2D eigenvalue weighted by Gasteiger charge is 2.08. The van der Waals surface area contributed by atoms with Gasteiger partial charge in [-0.3, -0.25) is 15.1 Å². The number of nitrogens with zero attached hydrogens (tertiary/aromatic N) is 3. The minimum atomic E-state index is -0.467. The van der Waals surface area contributed by atoms with Crippen LogP contribution in [-0.4, -0.2) is 28.9 Å². The molecule has 0 saturated heterocycles. The van der Waals surface area contributed by atoms with E-state index in [0.717, 1.165) is 23.2 Å². The van der Waals surface area contributed by atoms with Gasteiger partial charge in [-0.1, -0.05) is 0 Å². The Morgan fingerprint density at radius 2 is 2.06 bits per heavy atom. The van der Waals surface area contributed by atoms with Crippen molar-refractivity contribution >= 4 is 0 Å². The van der Waals surface area contributed by atoms with E-state index in [9.17, 15) is 10.1 Å². The summed E-state index contributed by atoms with van der Waals surface area (Å²) in [7, 11) is 3.46. The fourth-order valence-electron chi connectivity index (χ4n) is 1.83. The molecule has 0 radical (unpaired) electrons. The molecule has 0 fully saturated rings. The summed E-state index contributed by atoms with van der Waals surface area (Å²) in [4.78, 5) is 16.1. The third-order valence-electron chi connectivity index (χ3n) is 2.46. The molecule has 1 heterocycles. The molecule has 1 aromatic heterocycles. The Morgan fingerprint density at radius 3 is 2.50 bits per heavy atom. The van der Waals surface area contributed by atoms with Crippen molar-refractivity contribution < 1.29 is 4.92 Å². The molecule has 1 N–H and O–H groups in total. The summed E-state index contributed by atoms with van der Waals surface area (Å²) < 4.78 is 0. The minimum Gasteiger partial charge on any atom is -0.370 e. The SMILES string of the molecule is CN/C(=C\[N+](=O)[O-])N(C)Cc1cc(C)nc(C)c1. The fraction of sp³-hybridized carbons (Fsp3) is 0.417. The topological polar surface area (TPSA) is 71.3 Å². The Balaban J connectivity index is 2.85. The first-order chi connectivity index (χ1) is 8.42. The van der Waals surface area contributed by atoms with Gasteiger partial charge in [-0.25, -0.2) is 0 Å². The second-order valence-corrected chi connectivity index (χ2v) is 4.16. The van der Waals surface area contributed by atoms with Crippen molar-refractivity contribution in [2.24, 2.45) is 0 Å². The lowest BCUT2D eigenvalue weighted by Crippen LogP contribution is -2.26. The van der Waals surface area contributed by atoms with Gasteiger partial charge in [-0.15, -0.1) is 0 Å². The normalized spacial score (nSPS) is 11.2. The predicted molar refractivity (Wildman–Crippen MR) is 69.3 cm³/mol. The molecule has 0 spiro atoms. The van der Waals surface area contributed by atoms with Crippen molar-refractivity contribution in [3.8, 4) is 0 Å². The maximum atomic E-state index is 10.5. The van der Waals surface area contributed by atoms with E-state index in [1.165, 1.54) is 0 Å². The van der Waals surface area contributed by atoms with Crippen molar-refractivity contribution in [2.75, 3.05) is 14.1 Å². The number of hydrogen-bond donors (Lipinski definition) is 1. The highest BCUT2D eigenvalue weighted by atomic mass is 16.6. The van der Waals surface area contributed by atoms with Crippen LogP contribution >= 0.6 is 0 Å². The van der Waals surface area contributed by atoms with Gasteiger partial charge in [0.1, 0.15) is 0 Å². The molecule has 0 aliphatic carbocycles. The molecule has 98 valence electrons. The largest absolute Gasteiger partial charge is 0.370 e. The molecule has 0 saturated carbocycles. The van der Waals surface area contributed by atoms with E-state index in [1.807, 2.05) is 26.0 Å². The zero-order chi connectivity index (χ0) is 13.7. The van der Waals surface area contributed by atoms with Gasteiger partial charge in [0.15, 0.2) is 5.82 Å². The van der Waals surface area contributed by atoms with Crippen molar-refractivity contribution in [3.63, 3.8) is 0 Å². The van der Waals surface area contributed by atoms with Crippen molar-refractivity contribution in [2.45, 2.75) is 20.4 Å². The van der Waals surface area contributed by atoms with Gasteiger partial charge in [0.2, 0.25) is 0 Å². The van der Waals surface area contributed by atoms with E-state index in [4.69, 9.17) is 0 Å². The first kappa shape index (κ1) is 14.0. The minimum absolute atomic E-state index is 0.465. The van der Waals surface area contributed by atoms with E-state index >= 15 is 0 Å². The highest BCUT2D eigenvalue weighted by Crippen LogP contribution is 2.10. The molecule has 18 heavy (non-hydrogen) atoms. The average Bonchev–Trinajstić information content (AvgIpc) is 2.23. The van der Waals surface area contributed by atoms with Gasteiger partial charge in [0, 0.05) is 32.0 Å². The van der Waals surface area contributed by atoms with Crippen LogP contribution in [0.1, 0.15) is 17.0 Å². The lowest BCUT2D eigenvalue weighted by atomic mass is 10.2. The van der Waals surface area contributed by atoms with Crippen LogP contribution < -0.4 is 5.32 Å². The molecule has 0 amide bonds. The smallest absolute Gasteiger partial charge is 0.274 e. The molecule has 0 bridgehead atoms. The molecule has 0 atom stereocenters. The van der Waals surface area contributed by atoms with E-state index in [0.29, 0.717) is 12.4 Å². The van der Waals surface area contributed by atoms with Gasteiger partial charge in [-0.2, -0.15) is 0 Å². The third kappa shape index (κ3) is 4.04. The monoisotopic (exact) mass is 250 g/mol. The second-order valence-electron chi connectivity index (χ2n) is 4.16. The fourth-order valence-corrected chi connectivity index (χ4v) is 1.83. The van der Waals surface area contributed by atoms with E-state index in [2.05, 4.69) is 10.3 Å². The quantitative estimate of drug-likeness (QED) is 0.632. The first-order valence-electron chi connectivity index (χ1n) is 5.60. The average molecular weight is 250 g/mol. The van der Waals surface area contributed by atoms with Crippen LogP contribution in [0.15, 0.2) is 24.2 Å². The summed E-state index contributed by atoms with van der Waals surface area (Å²) in [6.07, 6.45) is 0.959. The number of pyridine rings is 1. The van der Waals surface area contributed by atoms with Crippen LogP contribution in [0.3, 0.4) is 0 Å². The second kappa shape index (κ2) is 6.00. The van der Waals surface area contributed by atoms with Gasteiger partial charge in [0.25, 0.3) is 6.20 Å². The summed E-state index contributed by atoms with van der Waals surface area (Å²) in [6, 6.07) is 3.95. The summed E-state index contributed by atoms with van der Waals surface area (Å²) in [6.45, 7) is 4.45. The van der Waals surface area contributed by atoms with Gasteiger partial charge < -0.3 is 10.2 Å². The number of nitrogens with one attached hydrogen (secondary N) is 1. The molecule has 0 aromatic carbocycles. The zero-order valence-corrected chi connectivity index (χ0v) is 11.1. The van der Waals surface area contributed by atoms with E-state index in [-0.39, 0.29) is 0 Å². The molecule has 1 aromatic rings. The summed E-state index contributed by atoms with van der Waals surface area (Å²) in [5, 5.41) is 13.3. The Morgan fingerprint density at radius 1 is 1.50 bits per heavy atom. The molecule has 0 unspecified atom stereocenters. The van der Waals surface area contributed by atoms with Gasteiger partial charge in [0.05, 0.1) is 4.92 Å². The third-order valence-corrected chi connectivity index (χ3v) is 2.46. The number of nitro groups is 1. The lowest BCUT2D eigenvalue weighted by molar-refractivity contribution is -0.404. The van der Waals surface area contributed by atoms with E-state index in [1.54, 1.807) is 19.0 Å². The lowest BCUT2D eigenvalue weighted by Gasteiger charge is -2.20. The molecule has 6 heteroatoms. The van der Waals surface area contributed by atoms with Crippen LogP contribution in [0.5, 0.6) is 0 Å². The Labute approximate surface area is 106 Å². The maximum absolute atomic E-state index is 10.5. The van der Waals surface area contributed by atoms with Crippen LogP contribution in [0.2, 0.25) is 0 Å². The number of hydrogen-bond acceptors (Lipinski definition) is 5. The number of rotatable bonds is 5. The predicted octanol–water partition coefficient (Wildman–Crippen LogP) is 1.43. The Hall–Kier alpha value is -2.11. The molecule has 6 nitrogen and oxygen atoms in total. The molecular formula is C12H18N4O2. The summed E-state index contributed by atoms with van der Waals surface area (Å²) in [5.41, 5.74) is 2.97. The summed E-state index contributed by atoms with van der Waals surface area (Å²) >= 11 is 0. The standard InChI is InChI=1S/C12H18N4O2/c1-9-5-11(6-10(2)14-9)7-15(4)12(13-3)8-16(17)18/h5-6,8,13H,7H2,1-4H3/b12-8+. The number of aryl methyl sites for hydroxylation is 2. The molecule has 0 aliphatic heterocycles. The first-order valence-corrected chi connectivity index (χ1v) is 5.60. The van der Waals surface area contributed by atoms with Crippen molar-refractivity contribution in [1.29, 1.82) is 0 Å². The van der Waals surface area contributed by atoms with Gasteiger partial charge >= 0.3 is 0 Å². The van der Waals surface area contributed by atoms with Crippen LogP contribution in [0, 0.1) is 24.0 Å². The maximum Gasteiger partial charge on any atom is 0.274 e. The van der Waals surface area contributed by atoms with E-state index < -0.39 is 4.92 Å². The highest BCUT2D eigenvalue weighted by molar-refractivity contribution is 5.20. The van der Waals surface area contributed by atoms with Crippen molar-refractivity contribution in [3.05, 3.63) is 51.2 Å². The molecule has 1 rings (SSSR count). The van der Waals surface area contributed by atoms with Crippen molar-refractivity contribution in [1.82, 2.24) is 15.2 Å². The Bertz CT molecular complexity index is 451. The van der Waals surface area contributed by atoms with Crippen LogP contribution in [0.25, 0.3) is 0 Å². The zero-order valence-electron chi connectivity index (χ0n) is 11.1. The van der Waals surface area contributed by atoms with Crippen LogP contribution in [0.4, 0.5) is 0 Å². The molecule has 0 aliphatic rings. The number of aromatic nitrogens is 1. The molecular weight excluding hydrogens is 232 g/mol. The van der Waals surface area contributed by atoms with Crippen LogP contribution in [-0.2, 0) is 6.54 Å². The summed E-state index contributed by atoms with van der Waals surface area (Å²) in [5.74, 6) is 0.465. The Kier molecular flexibility index (Phi) is 4.65.